The standard InChI is InChI=1S/C10H16N2O3/c1-9(8(14)15,6-2-3-6)12-7(13)10(11)4-5-10/h6H,2-5,11H2,1H3,(H,12,13)(H,14,15). The van der Waals surface area contributed by atoms with Crippen LogP contribution in [-0.4, -0.2) is 28.1 Å². The molecule has 0 aromatic rings. The van der Waals surface area contributed by atoms with Crippen molar-refractivity contribution in [1.82, 2.24) is 5.32 Å². The highest BCUT2D eigenvalue weighted by Crippen LogP contribution is 2.41. The van der Waals surface area contributed by atoms with Gasteiger partial charge in [-0.15, -0.1) is 0 Å². The van der Waals surface area contributed by atoms with E-state index < -0.39 is 17.0 Å². The maximum Gasteiger partial charge on any atom is 0.329 e. The van der Waals surface area contributed by atoms with Gasteiger partial charge >= 0.3 is 5.97 Å². The van der Waals surface area contributed by atoms with Gasteiger partial charge in [-0.2, -0.15) is 0 Å². The first-order valence-electron chi connectivity index (χ1n) is 5.23. The highest BCUT2D eigenvalue weighted by molar-refractivity contribution is 5.94. The van der Waals surface area contributed by atoms with E-state index in [1.54, 1.807) is 6.92 Å². The average Bonchev–Trinajstić information content (AvgIpc) is 2.96. The summed E-state index contributed by atoms with van der Waals surface area (Å²) in [5.41, 5.74) is 3.78. The van der Waals surface area contributed by atoms with Gasteiger partial charge < -0.3 is 16.2 Å². The molecule has 5 nitrogen and oxygen atoms in total. The summed E-state index contributed by atoms with van der Waals surface area (Å²) in [6.45, 7) is 1.57. The number of carboxylic acid groups (broad SMARTS) is 1. The largest absolute Gasteiger partial charge is 0.480 e. The van der Waals surface area contributed by atoms with Gasteiger partial charge in [0.2, 0.25) is 5.91 Å². The summed E-state index contributed by atoms with van der Waals surface area (Å²) in [5, 5.41) is 11.7. The molecule has 2 aliphatic carbocycles. The summed E-state index contributed by atoms with van der Waals surface area (Å²) in [7, 11) is 0. The lowest BCUT2D eigenvalue weighted by atomic mass is 9.95. The third-order valence-electron chi connectivity index (χ3n) is 3.45. The number of carbonyl (C=O) groups excluding carboxylic acids is 1. The molecule has 0 saturated heterocycles. The smallest absolute Gasteiger partial charge is 0.329 e. The molecule has 1 unspecified atom stereocenters. The minimum absolute atomic E-state index is 0.0568. The van der Waals surface area contributed by atoms with Crippen LogP contribution in [0, 0.1) is 5.92 Å². The third-order valence-corrected chi connectivity index (χ3v) is 3.45. The fraction of sp³-hybridized carbons (Fsp3) is 0.800. The fourth-order valence-corrected chi connectivity index (χ4v) is 1.71. The Morgan fingerprint density at radius 2 is 2.00 bits per heavy atom. The van der Waals surface area contributed by atoms with Gasteiger partial charge in [-0.05, 0) is 38.5 Å². The van der Waals surface area contributed by atoms with Gasteiger partial charge in [-0.1, -0.05) is 0 Å². The van der Waals surface area contributed by atoms with E-state index in [1.165, 1.54) is 0 Å². The lowest BCUT2D eigenvalue weighted by molar-refractivity contribution is -0.148. The van der Waals surface area contributed by atoms with Crippen molar-refractivity contribution in [3.05, 3.63) is 0 Å². The molecule has 2 rings (SSSR count). The average molecular weight is 212 g/mol. The summed E-state index contributed by atoms with van der Waals surface area (Å²) >= 11 is 0. The van der Waals surface area contributed by atoms with Crippen molar-refractivity contribution < 1.29 is 14.7 Å². The van der Waals surface area contributed by atoms with Crippen LogP contribution in [0.25, 0.3) is 0 Å². The van der Waals surface area contributed by atoms with Crippen molar-refractivity contribution in [3.8, 4) is 0 Å². The third kappa shape index (κ3) is 1.71. The van der Waals surface area contributed by atoms with Crippen molar-refractivity contribution in [1.29, 1.82) is 0 Å². The quantitative estimate of drug-likeness (QED) is 0.604. The van der Waals surface area contributed by atoms with Gasteiger partial charge in [0.15, 0.2) is 0 Å². The van der Waals surface area contributed by atoms with Crippen LogP contribution < -0.4 is 11.1 Å². The maximum atomic E-state index is 11.7. The summed E-state index contributed by atoms with van der Waals surface area (Å²) in [6.07, 6.45) is 3.03. The lowest BCUT2D eigenvalue weighted by Crippen LogP contribution is -2.58. The van der Waals surface area contributed by atoms with Crippen LogP contribution in [0.3, 0.4) is 0 Å². The molecule has 0 spiro atoms. The number of nitrogens with one attached hydrogen (secondary N) is 1. The van der Waals surface area contributed by atoms with Crippen molar-refractivity contribution in [2.24, 2.45) is 11.7 Å². The highest BCUT2D eigenvalue weighted by Gasteiger charge is 2.53. The molecule has 0 heterocycles. The van der Waals surface area contributed by atoms with Crippen LogP contribution in [0.4, 0.5) is 0 Å². The zero-order chi connectivity index (χ0) is 11.3. The predicted octanol–water partition coefficient (Wildman–Crippen LogP) is -0.153. The number of rotatable bonds is 4. The van der Waals surface area contributed by atoms with Gasteiger partial charge in [0.25, 0.3) is 0 Å². The second-order valence-corrected chi connectivity index (χ2v) is 4.89. The van der Waals surface area contributed by atoms with E-state index in [4.69, 9.17) is 10.8 Å². The summed E-state index contributed by atoms with van der Waals surface area (Å²) in [4.78, 5) is 22.8. The summed E-state index contributed by atoms with van der Waals surface area (Å²) in [5.74, 6) is -1.23. The molecule has 0 aromatic heterocycles. The van der Waals surface area contributed by atoms with Crippen molar-refractivity contribution in [3.63, 3.8) is 0 Å². The molecule has 1 amide bonds. The molecule has 2 fully saturated rings. The molecular formula is C10H16N2O3. The molecule has 2 aliphatic rings. The first-order valence-corrected chi connectivity index (χ1v) is 5.23. The minimum Gasteiger partial charge on any atom is -0.480 e. The Labute approximate surface area is 88.0 Å². The van der Waals surface area contributed by atoms with Crippen molar-refractivity contribution in [2.45, 2.75) is 43.7 Å². The van der Waals surface area contributed by atoms with Gasteiger partial charge in [0.05, 0.1) is 5.54 Å². The SMILES string of the molecule is CC(NC(=O)C1(N)CC1)(C(=O)O)C1CC1. The number of amides is 1. The second-order valence-electron chi connectivity index (χ2n) is 4.89. The van der Waals surface area contributed by atoms with E-state index >= 15 is 0 Å². The topological polar surface area (TPSA) is 92.4 Å². The molecule has 0 bridgehead atoms. The van der Waals surface area contributed by atoms with E-state index in [-0.39, 0.29) is 11.8 Å². The molecule has 84 valence electrons. The van der Waals surface area contributed by atoms with E-state index in [9.17, 15) is 9.59 Å². The highest BCUT2D eigenvalue weighted by atomic mass is 16.4. The zero-order valence-corrected chi connectivity index (χ0v) is 8.75. The van der Waals surface area contributed by atoms with Crippen molar-refractivity contribution >= 4 is 11.9 Å². The second kappa shape index (κ2) is 2.95. The van der Waals surface area contributed by atoms with Gasteiger partial charge in [-0.25, -0.2) is 4.79 Å². The molecule has 0 aliphatic heterocycles. The van der Waals surface area contributed by atoms with Crippen LogP contribution in [0.1, 0.15) is 32.6 Å². The van der Waals surface area contributed by atoms with E-state index in [0.717, 1.165) is 12.8 Å². The monoisotopic (exact) mass is 212 g/mol. The molecule has 0 radical (unpaired) electrons. The normalized spacial score (nSPS) is 26.5. The van der Waals surface area contributed by atoms with Crippen LogP contribution in [-0.2, 0) is 9.59 Å². The van der Waals surface area contributed by atoms with Crippen LogP contribution in [0.5, 0.6) is 0 Å². The Balaban J connectivity index is 2.06. The molecule has 5 heteroatoms. The molecule has 1 atom stereocenters. The summed E-state index contributed by atoms with van der Waals surface area (Å²) in [6, 6.07) is 0. The molecule has 15 heavy (non-hydrogen) atoms. The van der Waals surface area contributed by atoms with Crippen molar-refractivity contribution in [2.75, 3.05) is 0 Å². The Kier molecular flexibility index (Phi) is 2.05. The molecule has 2 saturated carbocycles. The Morgan fingerprint density at radius 1 is 1.47 bits per heavy atom. The van der Waals surface area contributed by atoms with Crippen LogP contribution in [0.2, 0.25) is 0 Å². The minimum atomic E-state index is -1.13. The van der Waals surface area contributed by atoms with Gasteiger partial charge in [-0.3, -0.25) is 4.79 Å². The predicted molar refractivity (Wildman–Crippen MR) is 53.1 cm³/mol. The van der Waals surface area contributed by atoms with Gasteiger partial charge in [0.1, 0.15) is 5.54 Å². The van der Waals surface area contributed by atoms with E-state index in [2.05, 4.69) is 5.32 Å². The first-order chi connectivity index (χ1) is 6.88. The maximum absolute atomic E-state index is 11.7. The first kappa shape index (κ1) is 10.4. The van der Waals surface area contributed by atoms with E-state index in [0.29, 0.717) is 12.8 Å². The molecular weight excluding hydrogens is 196 g/mol. The van der Waals surface area contributed by atoms with E-state index in [1.807, 2.05) is 0 Å². The Bertz CT molecular complexity index is 321. The number of aliphatic carboxylic acids is 1. The van der Waals surface area contributed by atoms with Gasteiger partial charge in [0, 0.05) is 0 Å². The Hall–Kier alpha value is -1.10. The lowest BCUT2D eigenvalue weighted by Gasteiger charge is -2.27. The number of hydrogen-bond acceptors (Lipinski definition) is 3. The van der Waals surface area contributed by atoms with Crippen LogP contribution in [0.15, 0.2) is 0 Å². The molecule has 0 aromatic carbocycles. The number of carbonyl (C=O) groups is 2. The van der Waals surface area contributed by atoms with Crippen LogP contribution >= 0.6 is 0 Å². The zero-order valence-electron chi connectivity index (χ0n) is 8.75. The fourth-order valence-electron chi connectivity index (χ4n) is 1.71. The Morgan fingerprint density at radius 3 is 2.33 bits per heavy atom. The number of carboxylic acids is 1. The number of nitrogens with two attached hydrogens (primary N) is 1. The number of hydrogen-bond donors (Lipinski definition) is 3. The summed E-state index contributed by atoms with van der Waals surface area (Å²) < 4.78 is 0. The molecule has 4 N–H and O–H groups in total.